The first-order valence-corrected chi connectivity index (χ1v) is 5.71. The molecule has 0 saturated carbocycles. The number of carbonyl (C=O) groups is 1. The molecule has 0 atom stereocenters. The van der Waals surface area contributed by atoms with Crippen molar-refractivity contribution in [3.63, 3.8) is 0 Å². The Bertz CT molecular complexity index is 535. The predicted molar refractivity (Wildman–Crippen MR) is 71.6 cm³/mol. The van der Waals surface area contributed by atoms with Crippen molar-refractivity contribution in [1.82, 2.24) is 4.90 Å². The highest BCUT2D eigenvalue weighted by molar-refractivity contribution is 5.71. The molecule has 0 aliphatic heterocycles. The van der Waals surface area contributed by atoms with Gasteiger partial charge in [-0.1, -0.05) is 42.5 Å². The number of ether oxygens (including phenoxy) is 1. The van der Waals surface area contributed by atoms with Crippen molar-refractivity contribution < 1.29 is 9.53 Å². The third-order valence-corrected chi connectivity index (χ3v) is 2.51. The van der Waals surface area contributed by atoms with E-state index in [0.29, 0.717) is 5.75 Å². The minimum atomic E-state index is -0.375. The van der Waals surface area contributed by atoms with Gasteiger partial charge in [-0.2, -0.15) is 0 Å². The van der Waals surface area contributed by atoms with E-state index in [1.807, 2.05) is 48.5 Å². The molecular weight excluding hydrogens is 226 g/mol. The summed E-state index contributed by atoms with van der Waals surface area (Å²) in [6.07, 6.45) is -0.375. The van der Waals surface area contributed by atoms with Crippen molar-refractivity contribution in [2.24, 2.45) is 0 Å². The van der Waals surface area contributed by atoms with Crippen molar-refractivity contribution in [3.8, 4) is 16.9 Å². The molecule has 0 aromatic heterocycles. The Morgan fingerprint density at radius 2 is 1.61 bits per heavy atom. The summed E-state index contributed by atoms with van der Waals surface area (Å²) in [5.41, 5.74) is 2.12. The molecule has 1 amide bonds. The number of hydrogen-bond donors (Lipinski definition) is 0. The van der Waals surface area contributed by atoms with Crippen LogP contribution in [0, 0.1) is 0 Å². The highest BCUT2D eigenvalue weighted by atomic mass is 16.6. The molecule has 2 rings (SSSR count). The van der Waals surface area contributed by atoms with Crippen LogP contribution in [0.3, 0.4) is 0 Å². The molecule has 0 radical (unpaired) electrons. The molecule has 0 N–H and O–H groups in total. The third kappa shape index (κ3) is 2.88. The number of carbonyl (C=O) groups excluding carboxylic acids is 1. The molecular formula is C15H15NO2. The quantitative estimate of drug-likeness (QED) is 0.806. The van der Waals surface area contributed by atoms with Gasteiger partial charge in [-0.3, -0.25) is 0 Å². The van der Waals surface area contributed by atoms with Crippen LogP contribution in [0.2, 0.25) is 0 Å². The second-order valence-corrected chi connectivity index (χ2v) is 4.16. The van der Waals surface area contributed by atoms with Crippen LogP contribution in [-0.2, 0) is 0 Å². The number of rotatable bonds is 2. The molecule has 3 nitrogen and oxygen atoms in total. The van der Waals surface area contributed by atoms with Crippen LogP contribution in [0.25, 0.3) is 11.1 Å². The molecule has 0 aliphatic rings. The molecule has 92 valence electrons. The van der Waals surface area contributed by atoms with Crippen molar-refractivity contribution in [2.75, 3.05) is 14.1 Å². The fourth-order valence-corrected chi connectivity index (χ4v) is 1.56. The Morgan fingerprint density at radius 3 is 2.28 bits per heavy atom. The zero-order chi connectivity index (χ0) is 13.0. The molecule has 0 heterocycles. The van der Waals surface area contributed by atoms with Crippen LogP contribution >= 0.6 is 0 Å². The van der Waals surface area contributed by atoms with E-state index >= 15 is 0 Å². The van der Waals surface area contributed by atoms with Crippen molar-refractivity contribution in [1.29, 1.82) is 0 Å². The van der Waals surface area contributed by atoms with E-state index in [2.05, 4.69) is 0 Å². The number of benzene rings is 2. The van der Waals surface area contributed by atoms with Gasteiger partial charge in [-0.15, -0.1) is 0 Å². The minimum absolute atomic E-state index is 0.375. The summed E-state index contributed by atoms with van der Waals surface area (Å²) in [7, 11) is 3.31. The monoisotopic (exact) mass is 241 g/mol. The summed E-state index contributed by atoms with van der Waals surface area (Å²) in [5.74, 6) is 0.551. The van der Waals surface area contributed by atoms with Gasteiger partial charge in [0.15, 0.2) is 0 Å². The van der Waals surface area contributed by atoms with E-state index in [1.54, 1.807) is 20.2 Å². The van der Waals surface area contributed by atoms with E-state index < -0.39 is 0 Å². The number of amides is 1. The van der Waals surface area contributed by atoms with Gasteiger partial charge in [0.25, 0.3) is 0 Å². The smallest absolute Gasteiger partial charge is 0.410 e. The molecule has 0 unspecified atom stereocenters. The summed E-state index contributed by atoms with van der Waals surface area (Å²) in [6.45, 7) is 0. The second kappa shape index (κ2) is 5.36. The SMILES string of the molecule is CN(C)C(=O)Oc1cccc(-c2ccccc2)c1. The fraction of sp³-hybridized carbons (Fsp3) is 0.133. The number of hydrogen-bond acceptors (Lipinski definition) is 2. The Hall–Kier alpha value is -2.29. The predicted octanol–water partition coefficient (Wildman–Crippen LogP) is 3.41. The van der Waals surface area contributed by atoms with Crippen LogP contribution in [-0.4, -0.2) is 25.1 Å². The van der Waals surface area contributed by atoms with E-state index in [1.165, 1.54) is 4.90 Å². The zero-order valence-electron chi connectivity index (χ0n) is 10.5. The molecule has 0 fully saturated rings. The lowest BCUT2D eigenvalue weighted by Crippen LogP contribution is -2.25. The highest BCUT2D eigenvalue weighted by Crippen LogP contribution is 2.23. The first-order valence-electron chi connectivity index (χ1n) is 5.71. The highest BCUT2D eigenvalue weighted by Gasteiger charge is 2.07. The van der Waals surface area contributed by atoms with Gasteiger partial charge in [-0.25, -0.2) is 4.79 Å². The standard InChI is InChI=1S/C15H15NO2/c1-16(2)15(17)18-14-10-6-9-13(11-14)12-7-4-3-5-8-12/h3-11H,1-2H3. The average Bonchev–Trinajstić information content (AvgIpc) is 2.40. The normalized spacial score (nSPS) is 9.89. The average molecular weight is 241 g/mol. The van der Waals surface area contributed by atoms with Crippen LogP contribution in [0.5, 0.6) is 5.75 Å². The first-order chi connectivity index (χ1) is 8.66. The topological polar surface area (TPSA) is 29.5 Å². The molecule has 18 heavy (non-hydrogen) atoms. The second-order valence-electron chi connectivity index (χ2n) is 4.16. The maximum absolute atomic E-state index is 11.5. The molecule has 0 saturated heterocycles. The van der Waals surface area contributed by atoms with E-state index in [4.69, 9.17) is 4.74 Å². The molecule has 0 spiro atoms. The molecule has 3 heteroatoms. The van der Waals surface area contributed by atoms with Crippen molar-refractivity contribution >= 4 is 6.09 Å². The van der Waals surface area contributed by atoms with Crippen molar-refractivity contribution in [2.45, 2.75) is 0 Å². The maximum Gasteiger partial charge on any atom is 0.414 e. The van der Waals surface area contributed by atoms with Crippen LogP contribution < -0.4 is 4.74 Å². The minimum Gasteiger partial charge on any atom is -0.410 e. The largest absolute Gasteiger partial charge is 0.414 e. The fourth-order valence-electron chi connectivity index (χ4n) is 1.56. The summed E-state index contributed by atoms with van der Waals surface area (Å²) in [4.78, 5) is 12.9. The summed E-state index contributed by atoms with van der Waals surface area (Å²) >= 11 is 0. The number of nitrogens with zero attached hydrogens (tertiary/aromatic N) is 1. The summed E-state index contributed by atoms with van der Waals surface area (Å²) < 4.78 is 5.22. The Morgan fingerprint density at radius 1 is 0.944 bits per heavy atom. The first kappa shape index (κ1) is 12.2. The van der Waals surface area contributed by atoms with Gasteiger partial charge in [-0.05, 0) is 23.3 Å². The van der Waals surface area contributed by atoms with Crippen LogP contribution in [0.4, 0.5) is 4.79 Å². The Kier molecular flexibility index (Phi) is 3.63. The lowest BCUT2D eigenvalue weighted by molar-refractivity contribution is 0.172. The Labute approximate surface area is 107 Å². The summed E-state index contributed by atoms with van der Waals surface area (Å²) in [5, 5.41) is 0. The molecule has 2 aromatic rings. The van der Waals surface area contributed by atoms with E-state index in [-0.39, 0.29) is 6.09 Å². The zero-order valence-corrected chi connectivity index (χ0v) is 10.5. The van der Waals surface area contributed by atoms with Crippen molar-refractivity contribution in [3.05, 3.63) is 54.6 Å². The maximum atomic E-state index is 11.5. The van der Waals surface area contributed by atoms with E-state index in [0.717, 1.165) is 11.1 Å². The summed E-state index contributed by atoms with van der Waals surface area (Å²) in [6, 6.07) is 17.5. The van der Waals surface area contributed by atoms with Gasteiger partial charge < -0.3 is 9.64 Å². The lowest BCUT2D eigenvalue weighted by Gasteiger charge is -2.11. The van der Waals surface area contributed by atoms with Crippen LogP contribution in [0.15, 0.2) is 54.6 Å². The molecule has 0 aliphatic carbocycles. The van der Waals surface area contributed by atoms with Crippen LogP contribution in [0.1, 0.15) is 0 Å². The van der Waals surface area contributed by atoms with Gasteiger partial charge >= 0.3 is 6.09 Å². The van der Waals surface area contributed by atoms with Gasteiger partial charge in [0.05, 0.1) is 0 Å². The van der Waals surface area contributed by atoms with Gasteiger partial charge in [0.1, 0.15) is 5.75 Å². The molecule has 2 aromatic carbocycles. The van der Waals surface area contributed by atoms with Gasteiger partial charge in [0.2, 0.25) is 0 Å². The lowest BCUT2D eigenvalue weighted by atomic mass is 10.1. The van der Waals surface area contributed by atoms with Gasteiger partial charge in [0, 0.05) is 14.1 Å². The third-order valence-electron chi connectivity index (χ3n) is 2.51. The molecule has 0 bridgehead atoms. The van der Waals surface area contributed by atoms with E-state index in [9.17, 15) is 4.79 Å². The Balaban J connectivity index is 2.23.